The van der Waals surface area contributed by atoms with E-state index in [1.807, 2.05) is 32.0 Å². The summed E-state index contributed by atoms with van der Waals surface area (Å²) in [5.41, 5.74) is 6.94. The van der Waals surface area contributed by atoms with E-state index in [4.69, 9.17) is 10.5 Å². The zero-order valence-corrected chi connectivity index (χ0v) is 14.2. The molecule has 0 fully saturated rings. The van der Waals surface area contributed by atoms with Gasteiger partial charge in [0.25, 0.3) is 0 Å². The fraction of sp³-hybridized carbons (Fsp3) is 0.556. The van der Waals surface area contributed by atoms with Crippen LogP contribution in [0.25, 0.3) is 0 Å². The Hall–Kier alpha value is -1.88. The van der Waals surface area contributed by atoms with Crippen LogP contribution in [0, 0.1) is 0 Å². The van der Waals surface area contributed by atoms with E-state index < -0.39 is 17.5 Å². The quantitative estimate of drug-likeness (QED) is 0.414. The normalized spacial score (nSPS) is 13.4. The molecule has 23 heavy (non-hydrogen) atoms. The van der Waals surface area contributed by atoms with Crippen molar-refractivity contribution in [1.29, 1.82) is 0 Å². The summed E-state index contributed by atoms with van der Waals surface area (Å²) in [7, 11) is 0. The van der Waals surface area contributed by atoms with Gasteiger partial charge in [0.15, 0.2) is 0 Å². The summed E-state index contributed by atoms with van der Waals surface area (Å²) in [6.07, 6.45) is 3.23. The molecule has 0 saturated heterocycles. The standard InChI is InChI=1S/C18H27NO4/c1-4-7-10-23-17(22)18(19,16(20)21)12-13-8-9-14(5-2)15(6-3)11-13/h8-9,11H,4-7,10,12,19H2,1-3H3,(H,20,21). The van der Waals surface area contributed by atoms with Crippen LogP contribution in [-0.2, 0) is 33.6 Å². The van der Waals surface area contributed by atoms with E-state index in [1.165, 1.54) is 5.56 Å². The molecular weight excluding hydrogens is 294 g/mol. The predicted molar refractivity (Wildman–Crippen MR) is 89.3 cm³/mol. The molecule has 1 rings (SSSR count). The summed E-state index contributed by atoms with van der Waals surface area (Å²) >= 11 is 0. The van der Waals surface area contributed by atoms with Gasteiger partial charge in [-0.2, -0.15) is 0 Å². The number of carbonyl (C=O) groups excluding carboxylic acids is 1. The van der Waals surface area contributed by atoms with E-state index in [2.05, 4.69) is 6.92 Å². The van der Waals surface area contributed by atoms with Gasteiger partial charge in [0.1, 0.15) is 0 Å². The summed E-state index contributed by atoms with van der Waals surface area (Å²) in [4.78, 5) is 23.7. The van der Waals surface area contributed by atoms with Crippen LogP contribution in [0.1, 0.15) is 50.3 Å². The highest BCUT2D eigenvalue weighted by atomic mass is 16.5. The number of hydrogen-bond donors (Lipinski definition) is 2. The Bertz CT molecular complexity index is 556. The molecule has 0 aliphatic heterocycles. The maximum absolute atomic E-state index is 12.1. The number of carboxylic acid groups (broad SMARTS) is 1. The molecule has 1 aromatic rings. The third-order valence-electron chi connectivity index (χ3n) is 3.99. The second-order valence-electron chi connectivity index (χ2n) is 5.75. The molecule has 0 aliphatic carbocycles. The van der Waals surface area contributed by atoms with Crippen molar-refractivity contribution in [3.05, 3.63) is 34.9 Å². The van der Waals surface area contributed by atoms with Gasteiger partial charge in [-0.1, -0.05) is 45.4 Å². The Balaban J connectivity index is 2.99. The van der Waals surface area contributed by atoms with E-state index in [0.717, 1.165) is 30.4 Å². The molecule has 128 valence electrons. The zero-order chi connectivity index (χ0) is 17.5. The number of aliphatic carboxylic acids is 1. The summed E-state index contributed by atoms with van der Waals surface area (Å²) in [6.45, 7) is 6.27. The zero-order valence-electron chi connectivity index (χ0n) is 14.2. The highest BCUT2D eigenvalue weighted by Crippen LogP contribution is 2.19. The molecule has 0 aromatic heterocycles. The van der Waals surface area contributed by atoms with Gasteiger partial charge in [0.2, 0.25) is 5.54 Å². The van der Waals surface area contributed by atoms with Crippen molar-refractivity contribution in [3.8, 4) is 0 Å². The van der Waals surface area contributed by atoms with Gasteiger partial charge in [-0.25, -0.2) is 9.59 Å². The minimum absolute atomic E-state index is 0.0791. The Morgan fingerprint density at radius 1 is 1.17 bits per heavy atom. The summed E-state index contributed by atoms with van der Waals surface area (Å²) < 4.78 is 5.04. The van der Waals surface area contributed by atoms with Gasteiger partial charge in [-0.05, 0) is 36.0 Å². The lowest BCUT2D eigenvalue weighted by Crippen LogP contribution is -2.57. The van der Waals surface area contributed by atoms with E-state index >= 15 is 0 Å². The van der Waals surface area contributed by atoms with Crippen LogP contribution < -0.4 is 5.73 Å². The first-order valence-electron chi connectivity index (χ1n) is 8.19. The monoisotopic (exact) mass is 321 g/mol. The van der Waals surface area contributed by atoms with Crippen LogP contribution >= 0.6 is 0 Å². The van der Waals surface area contributed by atoms with Gasteiger partial charge >= 0.3 is 11.9 Å². The maximum Gasteiger partial charge on any atom is 0.338 e. The van der Waals surface area contributed by atoms with Crippen molar-refractivity contribution in [1.82, 2.24) is 0 Å². The summed E-state index contributed by atoms with van der Waals surface area (Å²) in [6, 6.07) is 5.74. The molecule has 5 nitrogen and oxygen atoms in total. The fourth-order valence-electron chi connectivity index (χ4n) is 2.46. The molecule has 3 N–H and O–H groups in total. The van der Waals surface area contributed by atoms with Gasteiger partial charge in [0, 0.05) is 6.42 Å². The Labute approximate surface area is 137 Å². The van der Waals surface area contributed by atoms with E-state index in [-0.39, 0.29) is 13.0 Å². The molecule has 0 radical (unpaired) electrons. The molecule has 1 unspecified atom stereocenters. The molecule has 1 atom stereocenters. The van der Waals surface area contributed by atoms with Crippen molar-refractivity contribution in [2.45, 2.75) is 58.4 Å². The topological polar surface area (TPSA) is 89.6 Å². The van der Waals surface area contributed by atoms with E-state index in [1.54, 1.807) is 0 Å². The first kappa shape index (κ1) is 19.2. The Kier molecular flexibility index (Phi) is 7.23. The van der Waals surface area contributed by atoms with Crippen LogP contribution in [0.2, 0.25) is 0 Å². The average Bonchev–Trinajstić information content (AvgIpc) is 2.54. The average molecular weight is 321 g/mol. The molecule has 0 spiro atoms. The number of hydrogen-bond acceptors (Lipinski definition) is 4. The van der Waals surface area contributed by atoms with Crippen molar-refractivity contribution >= 4 is 11.9 Å². The lowest BCUT2D eigenvalue weighted by atomic mass is 9.89. The molecule has 0 saturated carbocycles. The second kappa shape index (κ2) is 8.67. The highest BCUT2D eigenvalue weighted by Gasteiger charge is 2.44. The van der Waals surface area contributed by atoms with Crippen LogP contribution in [-0.4, -0.2) is 29.2 Å². The maximum atomic E-state index is 12.1. The molecule has 5 heteroatoms. The number of unbranched alkanes of at least 4 members (excludes halogenated alkanes) is 1. The summed E-state index contributed by atoms with van der Waals surface area (Å²) in [5, 5.41) is 9.42. The van der Waals surface area contributed by atoms with Gasteiger partial charge in [0.05, 0.1) is 6.61 Å². The van der Waals surface area contributed by atoms with Crippen LogP contribution in [0.3, 0.4) is 0 Å². The van der Waals surface area contributed by atoms with Crippen molar-refractivity contribution < 1.29 is 19.4 Å². The molecule has 0 bridgehead atoms. The van der Waals surface area contributed by atoms with Crippen LogP contribution in [0.15, 0.2) is 18.2 Å². The minimum Gasteiger partial charge on any atom is -0.479 e. The minimum atomic E-state index is -2.05. The molecule has 0 aliphatic rings. The smallest absolute Gasteiger partial charge is 0.338 e. The second-order valence-corrected chi connectivity index (χ2v) is 5.75. The molecule has 0 heterocycles. The number of rotatable bonds is 9. The highest BCUT2D eigenvalue weighted by molar-refractivity contribution is 6.04. The number of esters is 1. The third kappa shape index (κ3) is 4.79. The molecular formula is C18H27NO4. The van der Waals surface area contributed by atoms with Gasteiger partial charge in [-0.15, -0.1) is 0 Å². The Morgan fingerprint density at radius 2 is 1.83 bits per heavy atom. The number of nitrogens with two attached hydrogens (primary N) is 1. The SMILES string of the molecule is CCCCOC(=O)C(N)(Cc1ccc(CC)c(CC)c1)C(=O)O. The number of benzene rings is 1. The third-order valence-corrected chi connectivity index (χ3v) is 3.99. The molecule has 1 aromatic carbocycles. The first-order valence-corrected chi connectivity index (χ1v) is 8.19. The van der Waals surface area contributed by atoms with Crippen molar-refractivity contribution in [2.24, 2.45) is 5.73 Å². The molecule has 0 amide bonds. The Morgan fingerprint density at radius 3 is 2.35 bits per heavy atom. The number of carboxylic acids is 1. The predicted octanol–water partition coefficient (Wildman–Crippen LogP) is 2.48. The number of aryl methyl sites for hydroxylation is 2. The van der Waals surface area contributed by atoms with Crippen molar-refractivity contribution in [2.75, 3.05) is 6.61 Å². The van der Waals surface area contributed by atoms with Crippen LogP contribution in [0.4, 0.5) is 0 Å². The van der Waals surface area contributed by atoms with E-state index in [9.17, 15) is 14.7 Å². The number of ether oxygens (including phenoxy) is 1. The van der Waals surface area contributed by atoms with Crippen molar-refractivity contribution in [3.63, 3.8) is 0 Å². The first-order chi connectivity index (χ1) is 10.9. The number of carbonyl (C=O) groups is 2. The summed E-state index contributed by atoms with van der Waals surface area (Å²) in [5.74, 6) is -2.24. The van der Waals surface area contributed by atoms with Gasteiger partial charge in [-0.3, -0.25) is 0 Å². The lowest BCUT2D eigenvalue weighted by molar-refractivity contribution is -0.161. The fourth-order valence-corrected chi connectivity index (χ4v) is 2.46. The van der Waals surface area contributed by atoms with Crippen LogP contribution in [0.5, 0.6) is 0 Å². The van der Waals surface area contributed by atoms with E-state index in [0.29, 0.717) is 6.42 Å². The largest absolute Gasteiger partial charge is 0.479 e. The lowest BCUT2D eigenvalue weighted by Gasteiger charge is -2.23. The van der Waals surface area contributed by atoms with Gasteiger partial charge < -0.3 is 15.6 Å².